The van der Waals surface area contributed by atoms with Gasteiger partial charge < -0.3 is 5.32 Å². The molecule has 4 rings (SSSR count). The number of nitrogens with zero attached hydrogens (tertiary/aromatic N) is 2. The molecule has 0 saturated heterocycles. The molecule has 0 unspecified atom stereocenters. The first-order valence-electron chi connectivity index (χ1n) is 13.0. The Morgan fingerprint density at radius 1 is 0.780 bits per heavy atom. The number of hydrazone groups is 1. The molecule has 0 saturated carbocycles. The Balaban J connectivity index is 1.49. The van der Waals surface area contributed by atoms with Crippen molar-refractivity contribution in [2.75, 3.05) is 16.2 Å². The second-order valence-electron chi connectivity index (χ2n) is 9.67. The van der Waals surface area contributed by atoms with E-state index in [1.54, 1.807) is 79.7 Å². The number of nitrogens with one attached hydrogen (secondary N) is 2. The predicted octanol–water partition coefficient (Wildman–Crippen LogP) is 5.60. The molecule has 9 heteroatoms. The first-order valence-corrected chi connectivity index (χ1v) is 14.5. The van der Waals surface area contributed by atoms with Crippen molar-refractivity contribution in [3.8, 4) is 0 Å². The number of anilines is 2. The number of benzene rings is 4. The van der Waals surface area contributed by atoms with Gasteiger partial charge in [0.2, 0.25) is 0 Å². The molecule has 0 spiro atoms. The van der Waals surface area contributed by atoms with E-state index in [0.29, 0.717) is 22.6 Å². The van der Waals surface area contributed by atoms with Crippen LogP contribution in [0.1, 0.15) is 39.5 Å². The van der Waals surface area contributed by atoms with E-state index in [4.69, 9.17) is 0 Å². The van der Waals surface area contributed by atoms with Crippen molar-refractivity contribution >= 4 is 38.9 Å². The van der Waals surface area contributed by atoms with Crippen LogP contribution in [0.25, 0.3) is 0 Å². The maximum absolute atomic E-state index is 13.7. The smallest absolute Gasteiger partial charge is 0.264 e. The van der Waals surface area contributed by atoms with Crippen LogP contribution in [-0.2, 0) is 14.8 Å². The van der Waals surface area contributed by atoms with Crippen LogP contribution in [0, 0.1) is 20.8 Å². The van der Waals surface area contributed by atoms with Crippen molar-refractivity contribution in [1.29, 1.82) is 0 Å². The third-order valence-electron chi connectivity index (χ3n) is 6.69. The molecule has 0 atom stereocenters. The summed E-state index contributed by atoms with van der Waals surface area (Å²) in [4.78, 5) is 25.5. The highest BCUT2D eigenvalue weighted by molar-refractivity contribution is 7.92. The van der Waals surface area contributed by atoms with Crippen molar-refractivity contribution in [2.24, 2.45) is 5.10 Å². The first-order chi connectivity index (χ1) is 19.6. The Hall–Kier alpha value is -4.76. The lowest BCUT2D eigenvalue weighted by molar-refractivity contribution is -0.119. The normalized spacial score (nSPS) is 11.6. The fraction of sp³-hybridized carbons (Fsp3) is 0.156. The lowest BCUT2D eigenvalue weighted by Crippen LogP contribution is -2.40. The summed E-state index contributed by atoms with van der Waals surface area (Å²) < 4.78 is 28.5. The summed E-state index contributed by atoms with van der Waals surface area (Å²) >= 11 is 0. The zero-order chi connectivity index (χ0) is 29.6. The second kappa shape index (κ2) is 12.6. The molecule has 41 heavy (non-hydrogen) atoms. The van der Waals surface area contributed by atoms with E-state index in [-0.39, 0.29) is 10.8 Å². The van der Waals surface area contributed by atoms with Gasteiger partial charge in [-0.1, -0.05) is 60.2 Å². The van der Waals surface area contributed by atoms with Crippen molar-refractivity contribution < 1.29 is 18.0 Å². The Morgan fingerprint density at radius 3 is 2.10 bits per heavy atom. The summed E-state index contributed by atoms with van der Waals surface area (Å²) in [6.45, 7) is 6.86. The number of carbonyl (C=O) groups excluding carboxylic acids is 2. The highest BCUT2D eigenvalue weighted by Crippen LogP contribution is 2.28. The van der Waals surface area contributed by atoms with Crippen molar-refractivity contribution in [3.05, 3.63) is 125 Å². The minimum Gasteiger partial charge on any atom is -0.322 e. The average molecular weight is 569 g/mol. The summed E-state index contributed by atoms with van der Waals surface area (Å²) in [6.07, 6.45) is 0. The van der Waals surface area contributed by atoms with Gasteiger partial charge >= 0.3 is 0 Å². The van der Waals surface area contributed by atoms with Crippen LogP contribution in [0.15, 0.2) is 107 Å². The van der Waals surface area contributed by atoms with E-state index in [2.05, 4.69) is 15.8 Å². The summed E-state index contributed by atoms with van der Waals surface area (Å²) in [5, 5.41) is 7.03. The van der Waals surface area contributed by atoms with Crippen LogP contribution < -0.4 is 15.0 Å². The number of aryl methyl sites for hydroxylation is 2. The molecule has 0 aromatic heterocycles. The van der Waals surface area contributed by atoms with Gasteiger partial charge in [-0.15, -0.1) is 0 Å². The van der Waals surface area contributed by atoms with Crippen LogP contribution in [-0.4, -0.2) is 32.5 Å². The number of hydrogen-bond donors (Lipinski definition) is 2. The molecule has 2 amide bonds. The Bertz CT molecular complexity index is 1680. The summed E-state index contributed by atoms with van der Waals surface area (Å²) in [7, 11) is -4.04. The Kier molecular flexibility index (Phi) is 8.99. The SMILES string of the molecule is C/C(=N/NC(=O)CN(c1cccc(C)c1C)S(=O)(=O)c1ccc(C)cc1)c1ccc(NC(=O)c2ccccc2)cc1. The maximum Gasteiger partial charge on any atom is 0.264 e. The third kappa shape index (κ3) is 7.06. The minimum absolute atomic E-state index is 0.0935. The van der Waals surface area contributed by atoms with E-state index in [9.17, 15) is 18.0 Å². The first kappa shape index (κ1) is 29.2. The average Bonchev–Trinajstić information content (AvgIpc) is 2.97. The van der Waals surface area contributed by atoms with Crippen molar-refractivity contribution in [2.45, 2.75) is 32.6 Å². The van der Waals surface area contributed by atoms with Crippen LogP contribution in [0.3, 0.4) is 0 Å². The van der Waals surface area contributed by atoms with Gasteiger partial charge in [-0.25, -0.2) is 13.8 Å². The quantitative estimate of drug-likeness (QED) is 0.202. The largest absolute Gasteiger partial charge is 0.322 e. The summed E-state index contributed by atoms with van der Waals surface area (Å²) in [5.74, 6) is -0.808. The van der Waals surface area contributed by atoms with Gasteiger partial charge in [0.15, 0.2) is 0 Å². The van der Waals surface area contributed by atoms with E-state index < -0.39 is 22.5 Å². The second-order valence-corrected chi connectivity index (χ2v) is 11.5. The van der Waals surface area contributed by atoms with Gasteiger partial charge in [0, 0.05) is 11.3 Å². The van der Waals surface area contributed by atoms with Gasteiger partial charge in [-0.2, -0.15) is 5.10 Å². The zero-order valence-electron chi connectivity index (χ0n) is 23.4. The molecule has 2 N–H and O–H groups in total. The Labute approximate surface area is 240 Å². The predicted molar refractivity (Wildman–Crippen MR) is 163 cm³/mol. The molecule has 0 aliphatic heterocycles. The molecule has 0 heterocycles. The van der Waals surface area contributed by atoms with Gasteiger partial charge in [0.05, 0.1) is 16.3 Å². The van der Waals surface area contributed by atoms with E-state index in [1.807, 2.05) is 32.9 Å². The number of sulfonamides is 1. The molecular formula is C32H32N4O4S. The van der Waals surface area contributed by atoms with Gasteiger partial charge in [-0.3, -0.25) is 13.9 Å². The fourth-order valence-electron chi connectivity index (χ4n) is 4.11. The highest BCUT2D eigenvalue weighted by Gasteiger charge is 2.28. The van der Waals surface area contributed by atoms with Crippen LogP contribution in [0.5, 0.6) is 0 Å². The molecule has 210 valence electrons. The number of hydrogen-bond acceptors (Lipinski definition) is 5. The van der Waals surface area contributed by atoms with Gasteiger partial charge in [0.25, 0.3) is 21.8 Å². The topological polar surface area (TPSA) is 108 Å². The number of rotatable bonds is 9. The van der Waals surface area contributed by atoms with Crippen molar-refractivity contribution in [1.82, 2.24) is 5.43 Å². The van der Waals surface area contributed by atoms with Crippen molar-refractivity contribution in [3.63, 3.8) is 0 Å². The number of carbonyl (C=O) groups is 2. The van der Waals surface area contributed by atoms with Gasteiger partial charge in [0.1, 0.15) is 6.54 Å². The van der Waals surface area contributed by atoms with Crippen LogP contribution >= 0.6 is 0 Å². The molecule has 0 aliphatic rings. The highest BCUT2D eigenvalue weighted by atomic mass is 32.2. The molecule has 0 bridgehead atoms. The molecule has 0 aliphatic carbocycles. The molecule has 0 radical (unpaired) electrons. The fourth-order valence-corrected chi connectivity index (χ4v) is 5.59. The van der Waals surface area contributed by atoms with Crippen LogP contribution in [0.2, 0.25) is 0 Å². The standard InChI is InChI=1S/C32H32N4O4S/c1-22-13-19-29(20-14-22)41(39,40)36(30-12-8-9-23(2)24(30)3)21-31(37)35-34-25(4)26-15-17-28(18-16-26)33-32(38)27-10-6-5-7-11-27/h5-20H,21H2,1-4H3,(H,33,38)(H,35,37)/b34-25-. The third-order valence-corrected chi connectivity index (χ3v) is 8.46. The monoisotopic (exact) mass is 568 g/mol. The number of amides is 2. The molecule has 4 aromatic rings. The van der Waals surface area contributed by atoms with E-state index in [1.165, 1.54) is 12.1 Å². The summed E-state index contributed by atoms with van der Waals surface area (Å²) in [6, 6.07) is 27.8. The van der Waals surface area contributed by atoms with E-state index in [0.717, 1.165) is 26.6 Å². The zero-order valence-corrected chi connectivity index (χ0v) is 24.2. The maximum atomic E-state index is 13.7. The minimum atomic E-state index is -4.04. The lowest BCUT2D eigenvalue weighted by Gasteiger charge is -2.26. The van der Waals surface area contributed by atoms with E-state index >= 15 is 0 Å². The molecule has 0 fully saturated rings. The Morgan fingerprint density at radius 2 is 1.44 bits per heavy atom. The molecular weight excluding hydrogens is 536 g/mol. The molecule has 4 aromatic carbocycles. The van der Waals surface area contributed by atoms with Gasteiger partial charge in [-0.05, 0) is 86.8 Å². The summed E-state index contributed by atoms with van der Waals surface area (Å²) in [5.41, 5.74) is 7.91. The van der Waals surface area contributed by atoms with Crippen LogP contribution in [0.4, 0.5) is 11.4 Å². The molecule has 8 nitrogen and oxygen atoms in total. The lowest BCUT2D eigenvalue weighted by atomic mass is 10.1.